The maximum absolute atomic E-state index is 11.9. The largest absolute Gasteiger partial charge is 0.481 e. The molecule has 1 atom stereocenters. The molecule has 3 N–H and O–H groups in total. The van der Waals surface area contributed by atoms with Gasteiger partial charge in [0.2, 0.25) is 0 Å². The highest BCUT2D eigenvalue weighted by Crippen LogP contribution is 2.07. The number of urea groups is 1. The van der Waals surface area contributed by atoms with Gasteiger partial charge in [-0.15, -0.1) is 0 Å². The number of hydrogen-bond acceptors (Lipinski definition) is 3. The molecule has 0 spiro atoms. The SMILES string of the molecule is CCC(CC)N(C)C(=O)N[C@@H](CCC(=O)O)C(=O)O. The molecule has 0 saturated heterocycles. The number of nitrogens with one attached hydrogen (secondary N) is 1. The van der Waals surface area contributed by atoms with Crippen LogP contribution in [0.25, 0.3) is 0 Å². The van der Waals surface area contributed by atoms with E-state index in [2.05, 4.69) is 5.32 Å². The Kier molecular flexibility index (Phi) is 7.55. The van der Waals surface area contributed by atoms with Gasteiger partial charge < -0.3 is 20.4 Å². The third-order valence-corrected chi connectivity index (χ3v) is 3.05. The number of aliphatic carboxylic acids is 2. The highest BCUT2D eigenvalue weighted by Gasteiger charge is 2.24. The van der Waals surface area contributed by atoms with Crippen LogP contribution in [0.15, 0.2) is 0 Å². The Morgan fingerprint density at radius 1 is 1.16 bits per heavy atom. The minimum Gasteiger partial charge on any atom is -0.481 e. The molecule has 0 heterocycles. The topological polar surface area (TPSA) is 107 Å². The molecule has 0 aliphatic rings. The zero-order valence-corrected chi connectivity index (χ0v) is 11.5. The van der Waals surface area contributed by atoms with Crippen molar-refractivity contribution < 1.29 is 24.6 Å². The van der Waals surface area contributed by atoms with E-state index in [0.717, 1.165) is 12.8 Å². The first-order valence-electron chi connectivity index (χ1n) is 6.31. The van der Waals surface area contributed by atoms with Gasteiger partial charge in [0.15, 0.2) is 0 Å². The molecule has 0 saturated carbocycles. The maximum Gasteiger partial charge on any atom is 0.326 e. The fraction of sp³-hybridized carbons (Fsp3) is 0.750. The highest BCUT2D eigenvalue weighted by molar-refractivity contribution is 5.83. The number of amides is 2. The van der Waals surface area contributed by atoms with E-state index < -0.39 is 24.0 Å². The Morgan fingerprint density at radius 3 is 2.05 bits per heavy atom. The van der Waals surface area contributed by atoms with Crippen molar-refractivity contribution in [1.82, 2.24) is 10.2 Å². The zero-order chi connectivity index (χ0) is 15.0. The van der Waals surface area contributed by atoms with E-state index >= 15 is 0 Å². The minimum absolute atomic E-state index is 0.0360. The summed E-state index contributed by atoms with van der Waals surface area (Å²) in [5, 5.41) is 19.8. The van der Waals surface area contributed by atoms with E-state index in [-0.39, 0.29) is 18.9 Å². The second kappa shape index (κ2) is 8.34. The number of carboxylic acid groups (broad SMARTS) is 2. The van der Waals surface area contributed by atoms with Gasteiger partial charge in [0, 0.05) is 19.5 Å². The summed E-state index contributed by atoms with van der Waals surface area (Å²) >= 11 is 0. The average molecular weight is 274 g/mol. The van der Waals surface area contributed by atoms with Crippen molar-refractivity contribution in [2.45, 2.75) is 51.6 Å². The van der Waals surface area contributed by atoms with Crippen LogP contribution < -0.4 is 5.32 Å². The van der Waals surface area contributed by atoms with Crippen LogP contribution in [0.5, 0.6) is 0 Å². The first kappa shape index (κ1) is 17.2. The lowest BCUT2D eigenvalue weighted by Gasteiger charge is -2.27. The van der Waals surface area contributed by atoms with Crippen molar-refractivity contribution in [3.63, 3.8) is 0 Å². The Labute approximate surface area is 112 Å². The Morgan fingerprint density at radius 2 is 1.68 bits per heavy atom. The lowest BCUT2D eigenvalue weighted by atomic mass is 10.1. The van der Waals surface area contributed by atoms with Crippen LogP contribution in [-0.4, -0.2) is 52.2 Å². The molecule has 0 aliphatic heterocycles. The third kappa shape index (κ3) is 6.08. The predicted molar refractivity (Wildman–Crippen MR) is 69.0 cm³/mol. The van der Waals surface area contributed by atoms with Gasteiger partial charge in [-0.1, -0.05) is 13.8 Å². The number of rotatable bonds is 8. The third-order valence-electron chi connectivity index (χ3n) is 3.05. The van der Waals surface area contributed by atoms with Crippen molar-refractivity contribution in [2.75, 3.05) is 7.05 Å². The number of hydrogen-bond donors (Lipinski definition) is 3. The maximum atomic E-state index is 11.9. The first-order chi connectivity index (χ1) is 8.83. The van der Waals surface area contributed by atoms with Gasteiger partial charge in [0.05, 0.1) is 0 Å². The summed E-state index contributed by atoms with van der Waals surface area (Å²) in [5.41, 5.74) is 0. The number of carbonyl (C=O) groups excluding carboxylic acids is 1. The van der Waals surface area contributed by atoms with Gasteiger partial charge in [-0.05, 0) is 19.3 Å². The molecule has 0 aromatic rings. The number of carbonyl (C=O) groups is 3. The fourth-order valence-corrected chi connectivity index (χ4v) is 1.78. The predicted octanol–water partition coefficient (Wildman–Crippen LogP) is 1.13. The summed E-state index contributed by atoms with van der Waals surface area (Å²) in [6.07, 6.45) is 1.11. The monoisotopic (exact) mass is 274 g/mol. The summed E-state index contributed by atoms with van der Waals surface area (Å²) in [6.45, 7) is 3.88. The lowest BCUT2D eigenvalue weighted by molar-refractivity contribution is -0.140. The molecule has 7 nitrogen and oxygen atoms in total. The molecule has 0 aromatic heterocycles. The second-order valence-electron chi connectivity index (χ2n) is 4.35. The summed E-state index contributed by atoms with van der Waals surface area (Å²) in [7, 11) is 1.60. The van der Waals surface area contributed by atoms with Crippen LogP contribution in [0.1, 0.15) is 39.5 Å². The summed E-state index contributed by atoms with van der Waals surface area (Å²) in [4.78, 5) is 34.7. The average Bonchev–Trinajstić information content (AvgIpc) is 2.34. The van der Waals surface area contributed by atoms with Crippen molar-refractivity contribution in [2.24, 2.45) is 0 Å². The van der Waals surface area contributed by atoms with E-state index in [1.807, 2.05) is 13.8 Å². The van der Waals surface area contributed by atoms with E-state index in [1.165, 1.54) is 4.90 Å². The van der Waals surface area contributed by atoms with Gasteiger partial charge in [0.1, 0.15) is 6.04 Å². The zero-order valence-electron chi connectivity index (χ0n) is 11.5. The normalized spacial score (nSPS) is 12.0. The smallest absolute Gasteiger partial charge is 0.326 e. The summed E-state index contributed by atoms with van der Waals surface area (Å²) in [6, 6.07) is -1.64. The van der Waals surface area contributed by atoms with Crippen molar-refractivity contribution >= 4 is 18.0 Å². The summed E-state index contributed by atoms with van der Waals surface area (Å²) < 4.78 is 0. The molecule has 19 heavy (non-hydrogen) atoms. The van der Waals surface area contributed by atoms with Crippen LogP contribution in [0.2, 0.25) is 0 Å². The van der Waals surface area contributed by atoms with Crippen molar-refractivity contribution in [1.29, 1.82) is 0 Å². The van der Waals surface area contributed by atoms with Crippen molar-refractivity contribution in [3.05, 3.63) is 0 Å². The first-order valence-corrected chi connectivity index (χ1v) is 6.31. The molecular formula is C12H22N2O5. The molecule has 0 aliphatic carbocycles. The molecule has 2 amide bonds. The van der Waals surface area contributed by atoms with E-state index in [9.17, 15) is 14.4 Å². The van der Waals surface area contributed by atoms with Gasteiger partial charge in [-0.25, -0.2) is 9.59 Å². The molecule has 0 fully saturated rings. The lowest BCUT2D eigenvalue weighted by Crippen LogP contribution is -2.49. The number of carboxylic acids is 2. The molecule has 0 aromatic carbocycles. The van der Waals surface area contributed by atoms with Gasteiger partial charge in [0.25, 0.3) is 0 Å². The summed E-state index contributed by atoms with van der Waals surface area (Å²) in [5.74, 6) is -2.32. The van der Waals surface area contributed by atoms with Crippen LogP contribution in [0.3, 0.4) is 0 Å². The van der Waals surface area contributed by atoms with E-state index in [1.54, 1.807) is 7.05 Å². The molecule has 0 bridgehead atoms. The number of nitrogens with zero attached hydrogens (tertiary/aromatic N) is 1. The molecule has 7 heteroatoms. The molecule has 0 unspecified atom stereocenters. The Hall–Kier alpha value is -1.79. The standard InChI is InChI=1S/C12H22N2O5/c1-4-8(5-2)14(3)12(19)13-9(11(17)18)6-7-10(15)16/h8-9H,4-7H2,1-3H3,(H,13,19)(H,15,16)(H,17,18)/t9-/m0/s1. The van der Waals surface area contributed by atoms with Gasteiger partial charge in [-0.3, -0.25) is 4.79 Å². The molecule has 0 radical (unpaired) electrons. The van der Waals surface area contributed by atoms with Crippen LogP contribution >= 0.6 is 0 Å². The van der Waals surface area contributed by atoms with Crippen LogP contribution in [0, 0.1) is 0 Å². The Bertz CT molecular complexity index is 328. The van der Waals surface area contributed by atoms with E-state index in [0.29, 0.717) is 0 Å². The molecule has 110 valence electrons. The second-order valence-corrected chi connectivity index (χ2v) is 4.35. The molecular weight excluding hydrogens is 252 g/mol. The van der Waals surface area contributed by atoms with Gasteiger partial charge >= 0.3 is 18.0 Å². The Balaban J connectivity index is 4.53. The quantitative estimate of drug-likeness (QED) is 0.615. The van der Waals surface area contributed by atoms with Crippen LogP contribution in [-0.2, 0) is 9.59 Å². The van der Waals surface area contributed by atoms with Crippen LogP contribution in [0.4, 0.5) is 4.79 Å². The fourth-order valence-electron chi connectivity index (χ4n) is 1.78. The van der Waals surface area contributed by atoms with Gasteiger partial charge in [-0.2, -0.15) is 0 Å². The highest BCUT2D eigenvalue weighted by atomic mass is 16.4. The van der Waals surface area contributed by atoms with Crippen molar-refractivity contribution in [3.8, 4) is 0 Å². The minimum atomic E-state index is -1.23. The molecule has 0 rings (SSSR count). The van der Waals surface area contributed by atoms with E-state index in [4.69, 9.17) is 10.2 Å².